The van der Waals surface area contributed by atoms with Crippen LogP contribution >= 0.6 is 0 Å². The van der Waals surface area contributed by atoms with Crippen molar-refractivity contribution in [1.29, 1.82) is 0 Å². The van der Waals surface area contributed by atoms with E-state index in [0.717, 1.165) is 10.9 Å². The van der Waals surface area contributed by atoms with Gasteiger partial charge in [0.15, 0.2) is 0 Å². The van der Waals surface area contributed by atoms with E-state index < -0.39 is 0 Å². The van der Waals surface area contributed by atoms with Gasteiger partial charge in [-0.15, -0.1) is 0 Å². The molecule has 0 bridgehead atoms. The summed E-state index contributed by atoms with van der Waals surface area (Å²) in [6.45, 7) is -0.169. The number of benzene rings is 2. The Labute approximate surface area is 168 Å². The lowest BCUT2D eigenvalue weighted by Crippen LogP contribution is -2.33. The Hall–Kier alpha value is -3.68. The number of nitrogens with zero attached hydrogens (tertiary/aromatic N) is 1. The van der Waals surface area contributed by atoms with Gasteiger partial charge in [-0.3, -0.25) is 9.59 Å². The average molecular weight is 397 g/mol. The van der Waals surface area contributed by atoms with E-state index in [1.165, 1.54) is 0 Å². The van der Waals surface area contributed by atoms with Crippen molar-refractivity contribution in [3.63, 3.8) is 0 Å². The summed E-state index contributed by atoms with van der Waals surface area (Å²) in [5.74, 6) is 1.15. The first kappa shape index (κ1) is 20.1. The number of fused-ring (bicyclic) bond motifs is 1. The first-order chi connectivity index (χ1) is 14.0. The van der Waals surface area contributed by atoms with E-state index in [1.54, 1.807) is 69.3 Å². The molecule has 8 heteroatoms. The third-order valence-electron chi connectivity index (χ3n) is 4.55. The van der Waals surface area contributed by atoms with Crippen LogP contribution in [0.15, 0.2) is 42.5 Å². The fraction of sp³-hybridized carbons (Fsp3) is 0.238. The molecule has 0 saturated heterocycles. The standard InChI is InChI=1S/C21H23N3O5/c1-24-17-9-15(28-3)10-19(29-4)16(17)11-18(24)21(26)22-12-20(25)23-13-6-5-7-14(8-13)27-2/h5-11H,12H2,1-4H3,(H,22,26)(H,23,25). The molecule has 0 spiro atoms. The molecule has 0 atom stereocenters. The summed E-state index contributed by atoms with van der Waals surface area (Å²) >= 11 is 0. The highest BCUT2D eigenvalue weighted by molar-refractivity contribution is 6.03. The van der Waals surface area contributed by atoms with Gasteiger partial charge >= 0.3 is 0 Å². The zero-order valence-corrected chi connectivity index (χ0v) is 16.7. The van der Waals surface area contributed by atoms with Crippen molar-refractivity contribution in [1.82, 2.24) is 9.88 Å². The Morgan fingerprint density at radius 1 is 0.966 bits per heavy atom. The van der Waals surface area contributed by atoms with E-state index in [2.05, 4.69) is 10.6 Å². The van der Waals surface area contributed by atoms with Crippen molar-refractivity contribution in [2.45, 2.75) is 0 Å². The maximum Gasteiger partial charge on any atom is 0.268 e. The minimum Gasteiger partial charge on any atom is -0.497 e. The van der Waals surface area contributed by atoms with Crippen LogP contribution in [0, 0.1) is 0 Å². The van der Waals surface area contributed by atoms with Gasteiger partial charge < -0.3 is 29.4 Å². The molecule has 3 rings (SSSR count). The van der Waals surface area contributed by atoms with Crippen LogP contribution in [0.4, 0.5) is 5.69 Å². The number of aromatic nitrogens is 1. The van der Waals surface area contributed by atoms with Gasteiger partial charge in [0.05, 0.1) is 33.4 Å². The molecule has 0 aliphatic heterocycles. The van der Waals surface area contributed by atoms with E-state index in [4.69, 9.17) is 14.2 Å². The fourth-order valence-electron chi connectivity index (χ4n) is 3.03. The smallest absolute Gasteiger partial charge is 0.268 e. The summed E-state index contributed by atoms with van der Waals surface area (Å²) in [5.41, 5.74) is 1.78. The summed E-state index contributed by atoms with van der Waals surface area (Å²) in [4.78, 5) is 24.8. The van der Waals surface area contributed by atoms with Crippen molar-refractivity contribution in [3.8, 4) is 17.2 Å². The zero-order valence-electron chi connectivity index (χ0n) is 16.7. The highest BCUT2D eigenvalue weighted by atomic mass is 16.5. The van der Waals surface area contributed by atoms with Crippen molar-refractivity contribution in [3.05, 3.63) is 48.2 Å². The molecular weight excluding hydrogens is 374 g/mol. The van der Waals surface area contributed by atoms with E-state index in [-0.39, 0.29) is 18.4 Å². The highest BCUT2D eigenvalue weighted by Crippen LogP contribution is 2.33. The summed E-state index contributed by atoms with van der Waals surface area (Å²) in [6.07, 6.45) is 0. The third-order valence-corrected chi connectivity index (χ3v) is 4.55. The van der Waals surface area contributed by atoms with Gasteiger partial charge in [-0.1, -0.05) is 6.07 Å². The zero-order chi connectivity index (χ0) is 21.0. The quantitative estimate of drug-likeness (QED) is 0.640. The Kier molecular flexibility index (Phi) is 5.92. The van der Waals surface area contributed by atoms with Crippen molar-refractivity contribution < 1.29 is 23.8 Å². The summed E-state index contributed by atoms with van der Waals surface area (Å²) < 4.78 is 17.5. The molecule has 0 radical (unpaired) electrons. The van der Waals surface area contributed by atoms with E-state index in [9.17, 15) is 9.59 Å². The molecule has 0 aliphatic rings. The number of aryl methyl sites for hydroxylation is 1. The van der Waals surface area contributed by atoms with Crippen molar-refractivity contribution in [2.24, 2.45) is 7.05 Å². The van der Waals surface area contributed by atoms with Crippen LogP contribution < -0.4 is 24.8 Å². The molecule has 0 aliphatic carbocycles. The number of methoxy groups -OCH3 is 3. The second kappa shape index (κ2) is 8.55. The first-order valence-electron chi connectivity index (χ1n) is 8.90. The molecule has 2 amide bonds. The Morgan fingerprint density at radius 2 is 1.72 bits per heavy atom. The predicted molar refractivity (Wildman–Crippen MR) is 110 cm³/mol. The van der Waals surface area contributed by atoms with E-state index >= 15 is 0 Å². The number of ether oxygens (including phenoxy) is 3. The molecule has 2 N–H and O–H groups in total. The van der Waals surface area contributed by atoms with Gasteiger partial charge in [0.25, 0.3) is 5.91 Å². The number of anilines is 1. The third kappa shape index (κ3) is 4.26. The molecule has 2 aromatic carbocycles. The topological polar surface area (TPSA) is 90.8 Å². The Balaban J connectivity index is 1.72. The fourth-order valence-corrected chi connectivity index (χ4v) is 3.03. The summed E-state index contributed by atoms with van der Waals surface area (Å²) in [5, 5.41) is 6.14. The molecule has 0 unspecified atom stereocenters. The monoisotopic (exact) mass is 397 g/mol. The molecule has 29 heavy (non-hydrogen) atoms. The van der Waals surface area contributed by atoms with Crippen LogP contribution in [0.3, 0.4) is 0 Å². The predicted octanol–water partition coefficient (Wildman–Crippen LogP) is 2.57. The van der Waals surface area contributed by atoms with E-state index in [0.29, 0.717) is 28.6 Å². The van der Waals surface area contributed by atoms with Crippen LogP contribution in [-0.2, 0) is 11.8 Å². The first-order valence-corrected chi connectivity index (χ1v) is 8.90. The van der Waals surface area contributed by atoms with Gasteiger partial charge in [-0.05, 0) is 18.2 Å². The maximum atomic E-state index is 12.6. The van der Waals surface area contributed by atoms with E-state index in [1.807, 2.05) is 6.07 Å². The molecule has 3 aromatic rings. The number of hydrogen-bond donors (Lipinski definition) is 2. The van der Waals surface area contributed by atoms with Gasteiger partial charge in [-0.2, -0.15) is 0 Å². The molecule has 0 saturated carbocycles. The maximum absolute atomic E-state index is 12.6. The van der Waals surface area contributed by atoms with Crippen molar-refractivity contribution in [2.75, 3.05) is 33.2 Å². The molecule has 0 fully saturated rings. The molecule has 1 aromatic heterocycles. The minimum absolute atomic E-state index is 0.169. The van der Waals surface area contributed by atoms with Crippen LogP contribution in [-0.4, -0.2) is 44.3 Å². The lowest BCUT2D eigenvalue weighted by molar-refractivity contribution is -0.115. The van der Waals surface area contributed by atoms with Crippen molar-refractivity contribution >= 4 is 28.4 Å². The lowest BCUT2D eigenvalue weighted by Gasteiger charge is -2.09. The van der Waals surface area contributed by atoms with Crippen LogP contribution in [0.25, 0.3) is 10.9 Å². The Bertz CT molecular complexity index is 1060. The van der Waals surface area contributed by atoms with Crippen LogP contribution in [0.2, 0.25) is 0 Å². The Morgan fingerprint density at radius 3 is 2.41 bits per heavy atom. The van der Waals surface area contributed by atoms with Gasteiger partial charge in [0.2, 0.25) is 5.91 Å². The number of carbonyl (C=O) groups excluding carboxylic acids is 2. The summed E-state index contributed by atoms with van der Waals surface area (Å²) in [7, 11) is 6.45. The van der Waals surface area contributed by atoms with Gasteiger partial charge in [0.1, 0.15) is 22.9 Å². The number of hydrogen-bond acceptors (Lipinski definition) is 5. The van der Waals surface area contributed by atoms with Gasteiger partial charge in [0, 0.05) is 36.3 Å². The van der Waals surface area contributed by atoms with Crippen LogP contribution in [0.1, 0.15) is 10.5 Å². The number of carbonyl (C=O) groups is 2. The normalized spacial score (nSPS) is 10.5. The molecular formula is C21H23N3O5. The lowest BCUT2D eigenvalue weighted by atomic mass is 10.2. The molecule has 8 nitrogen and oxygen atoms in total. The van der Waals surface area contributed by atoms with Crippen LogP contribution in [0.5, 0.6) is 17.2 Å². The number of rotatable bonds is 7. The number of nitrogens with one attached hydrogen (secondary N) is 2. The largest absolute Gasteiger partial charge is 0.497 e. The average Bonchev–Trinajstić information content (AvgIpc) is 3.08. The number of amides is 2. The second-order valence-electron chi connectivity index (χ2n) is 6.31. The SMILES string of the molecule is COc1cccc(NC(=O)CNC(=O)c2cc3c(OC)cc(OC)cc3n2C)c1. The molecule has 1 heterocycles. The molecule has 152 valence electrons. The summed E-state index contributed by atoms with van der Waals surface area (Å²) in [6, 6.07) is 12.3. The minimum atomic E-state index is -0.370. The highest BCUT2D eigenvalue weighted by Gasteiger charge is 2.18. The second-order valence-corrected chi connectivity index (χ2v) is 6.31. The van der Waals surface area contributed by atoms with Gasteiger partial charge in [-0.25, -0.2) is 0 Å².